The molecule has 0 atom stereocenters. The highest BCUT2D eigenvalue weighted by atomic mass is 16.4. The quantitative estimate of drug-likeness (QED) is 0.318. The summed E-state index contributed by atoms with van der Waals surface area (Å²) in [6.07, 6.45) is 2.22. The summed E-state index contributed by atoms with van der Waals surface area (Å²) in [4.78, 5) is 35.2. The topological polar surface area (TPSA) is 151 Å². The van der Waals surface area contributed by atoms with Gasteiger partial charge >= 0.3 is 5.97 Å². The summed E-state index contributed by atoms with van der Waals surface area (Å²) >= 11 is 0. The fourth-order valence-electron chi connectivity index (χ4n) is 2.54. The van der Waals surface area contributed by atoms with E-state index in [1.807, 2.05) is 0 Å². The van der Waals surface area contributed by atoms with Crippen LogP contribution in [0.15, 0.2) is 42.6 Å². The maximum atomic E-state index is 12.6. The van der Waals surface area contributed by atoms with E-state index >= 15 is 0 Å². The van der Waals surface area contributed by atoms with Crippen LogP contribution in [0.5, 0.6) is 0 Å². The maximum absolute atomic E-state index is 12.6. The highest BCUT2D eigenvalue weighted by Crippen LogP contribution is 2.16. The summed E-state index contributed by atoms with van der Waals surface area (Å²) in [5.41, 5.74) is 1.30. The number of carboxylic acids is 1. The number of tetrazole rings is 1. The van der Waals surface area contributed by atoms with Crippen LogP contribution >= 0.6 is 0 Å². The Morgan fingerprint density at radius 2 is 1.86 bits per heavy atom. The van der Waals surface area contributed by atoms with Crippen molar-refractivity contribution in [2.24, 2.45) is 0 Å². The molecular formula is C18H15N5O5. The first kappa shape index (κ1) is 18.7. The summed E-state index contributed by atoms with van der Waals surface area (Å²) in [5, 5.41) is 31.7. The van der Waals surface area contributed by atoms with Gasteiger partial charge < -0.3 is 14.8 Å². The minimum atomic E-state index is -1.19. The highest BCUT2D eigenvalue weighted by molar-refractivity contribution is 6.07. The summed E-state index contributed by atoms with van der Waals surface area (Å²) in [6.45, 7) is 1.66. The number of aliphatic hydroxyl groups is 1. The van der Waals surface area contributed by atoms with Crippen LogP contribution in [-0.4, -0.2) is 52.9 Å². The first-order valence-electron chi connectivity index (χ1n) is 8.07. The molecule has 0 aliphatic heterocycles. The second kappa shape index (κ2) is 7.66. The van der Waals surface area contributed by atoms with Crippen LogP contribution < -0.4 is 0 Å². The van der Waals surface area contributed by atoms with Gasteiger partial charge in [-0.25, -0.2) is 4.79 Å². The first-order valence-corrected chi connectivity index (χ1v) is 8.07. The molecule has 3 N–H and O–H groups in total. The number of allylic oxidation sites excluding steroid dienone is 1. The van der Waals surface area contributed by atoms with E-state index in [4.69, 9.17) is 0 Å². The van der Waals surface area contributed by atoms with Gasteiger partial charge in [-0.3, -0.25) is 9.59 Å². The zero-order chi connectivity index (χ0) is 20.3. The number of aromatic nitrogens is 5. The number of benzene rings is 1. The zero-order valence-corrected chi connectivity index (χ0v) is 14.7. The summed E-state index contributed by atoms with van der Waals surface area (Å²) in [7, 11) is 0. The van der Waals surface area contributed by atoms with E-state index in [-0.39, 0.29) is 29.4 Å². The minimum Gasteiger partial charge on any atom is -0.504 e. The molecule has 0 aliphatic rings. The number of carbonyl (C=O) groups is 3. The summed E-state index contributed by atoms with van der Waals surface area (Å²) < 4.78 is 1.45. The van der Waals surface area contributed by atoms with E-state index in [0.717, 1.165) is 11.6 Å². The number of carboxylic acid groups (broad SMARTS) is 1. The number of carbonyl (C=O) groups excluding carboxylic acids is 2. The molecule has 28 heavy (non-hydrogen) atoms. The summed E-state index contributed by atoms with van der Waals surface area (Å²) in [6, 6.07) is 7.97. The molecule has 0 amide bonds. The molecule has 3 rings (SSSR count). The molecule has 142 valence electrons. The second-order valence-corrected chi connectivity index (χ2v) is 5.93. The number of rotatable bonds is 7. The molecule has 0 fully saturated rings. The maximum Gasteiger partial charge on any atom is 0.337 e. The lowest BCUT2D eigenvalue weighted by molar-refractivity contribution is 0.0696. The third kappa shape index (κ3) is 4.01. The Morgan fingerprint density at radius 1 is 1.14 bits per heavy atom. The Labute approximate surface area is 158 Å². The van der Waals surface area contributed by atoms with Gasteiger partial charge in [0, 0.05) is 24.4 Å². The van der Waals surface area contributed by atoms with E-state index in [1.54, 1.807) is 24.3 Å². The Bertz CT molecular complexity index is 1060. The molecule has 0 saturated heterocycles. The second-order valence-electron chi connectivity index (χ2n) is 5.93. The average molecular weight is 381 g/mol. The minimum absolute atomic E-state index is 0.0584. The number of ketones is 2. The standard InChI is InChI=1S/C18H15N5O5/c1-10(24)12-4-2-11(3-5-12)8-23-9-13(18(27)28)6-14(23)15(25)7-16(26)17-19-21-22-20-17/h2-7,9,26H,8H2,1H3,(H,27,28)(H,19,20,21,22). The Balaban J connectivity index is 1.92. The largest absolute Gasteiger partial charge is 0.504 e. The Hall–Kier alpha value is -4.08. The van der Waals surface area contributed by atoms with Crippen molar-refractivity contribution in [1.29, 1.82) is 0 Å². The number of nitrogens with zero attached hydrogens (tertiary/aromatic N) is 4. The van der Waals surface area contributed by atoms with Crippen LogP contribution in [0.4, 0.5) is 0 Å². The van der Waals surface area contributed by atoms with E-state index in [1.165, 1.54) is 23.8 Å². The van der Waals surface area contributed by atoms with E-state index < -0.39 is 17.5 Å². The van der Waals surface area contributed by atoms with Gasteiger partial charge in [0.25, 0.3) is 0 Å². The third-order valence-corrected chi connectivity index (χ3v) is 3.95. The molecule has 1 aromatic carbocycles. The van der Waals surface area contributed by atoms with Gasteiger partial charge in [-0.05, 0) is 23.8 Å². The van der Waals surface area contributed by atoms with Crippen molar-refractivity contribution < 1.29 is 24.6 Å². The van der Waals surface area contributed by atoms with Crippen LogP contribution in [0.2, 0.25) is 0 Å². The Morgan fingerprint density at radius 3 is 2.43 bits per heavy atom. The third-order valence-electron chi connectivity index (χ3n) is 3.95. The van der Waals surface area contributed by atoms with Crippen LogP contribution in [0, 0.1) is 0 Å². The van der Waals surface area contributed by atoms with Gasteiger partial charge in [0.2, 0.25) is 11.6 Å². The molecule has 2 heterocycles. The smallest absolute Gasteiger partial charge is 0.337 e. The van der Waals surface area contributed by atoms with E-state index in [9.17, 15) is 24.6 Å². The predicted octanol–water partition coefficient (Wildman–Crippen LogP) is 1.73. The van der Waals surface area contributed by atoms with Gasteiger partial charge in [0.05, 0.1) is 11.3 Å². The van der Waals surface area contributed by atoms with Crippen molar-refractivity contribution in [1.82, 2.24) is 25.2 Å². The molecule has 0 radical (unpaired) electrons. The number of H-pyrrole nitrogens is 1. The van der Waals surface area contributed by atoms with Crippen LogP contribution in [0.1, 0.15) is 49.5 Å². The number of Topliss-reactive ketones (excluding diaryl/α,β-unsaturated/α-hetero) is 1. The van der Waals surface area contributed by atoms with Gasteiger partial charge in [0.15, 0.2) is 11.5 Å². The molecule has 2 aromatic heterocycles. The molecule has 10 nitrogen and oxygen atoms in total. The number of aromatic amines is 1. The molecule has 3 aromatic rings. The first-order chi connectivity index (χ1) is 13.3. The lowest BCUT2D eigenvalue weighted by Crippen LogP contribution is -2.08. The lowest BCUT2D eigenvalue weighted by Gasteiger charge is -2.08. The SMILES string of the molecule is CC(=O)c1ccc(Cn2cc(C(=O)O)cc2C(=O)C=C(O)c2nn[nH]n2)cc1. The molecule has 0 spiro atoms. The van der Waals surface area contributed by atoms with Crippen LogP contribution in [-0.2, 0) is 6.54 Å². The predicted molar refractivity (Wildman–Crippen MR) is 96.1 cm³/mol. The van der Waals surface area contributed by atoms with Crippen molar-refractivity contribution in [3.8, 4) is 0 Å². The number of aliphatic hydroxyl groups excluding tert-OH is 1. The number of nitrogens with one attached hydrogen (secondary N) is 1. The summed E-state index contributed by atoms with van der Waals surface area (Å²) in [5.74, 6) is -2.56. The average Bonchev–Trinajstić information content (AvgIpc) is 3.32. The molecule has 0 unspecified atom stereocenters. The highest BCUT2D eigenvalue weighted by Gasteiger charge is 2.18. The monoisotopic (exact) mass is 381 g/mol. The van der Waals surface area contributed by atoms with Crippen LogP contribution in [0.25, 0.3) is 5.76 Å². The van der Waals surface area contributed by atoms with Crippen LogP contribution in [0.3, 0.4) is 0 Å². The number of hydrogen-bond acceptors (Lipinski definition) is 7. The van der Waals surface area contributed by atoms with Crippen molar-refractivity contribution in [3.05, 3.63) is 70.8 Å². The van der Waals surface area contributed by atoms with Crippen molar-refractivity contribution in [2.45, 2.75) is 13.5 Å². The molecular weight excluding hydrogens is 366 g/mol. The number of hydrogen-bond donors (Lipinski definition) is 3. The van der Waals surface area contributed by atoms with Crippen molar-refractivity contribution >= 4 is 23.3 Å². The van der Waals surface area contributed by atoms with Gasteiger partial charge in [0.1, 0.15) is 0 Å². The normalized spacial score (nSPS) is 11.4. The number of aromatic carboxylic acids is 1. The van der Waals surface area contributed by atoms with E-state index in [0.29, 0.717) is 5.56 Å². The lowest BCUT2D eigenvalue weighted by atomic mass is 10.1. The van der Waals surface area contributed by atoms with Crippen molar-refractivity contribution in [3.63, 3.8) is 0 Å². The molecule has 0 bridgehead atoms. The van der Waals surface area contributed by atoms with Gasteiger partial charge in [-0.15, -0.1) is 10.2 Å². The Kier molecular flexibility index (Phi) is 5.12. The molecule has 0 aliphatic carbocycles. The van der Waals surface area contributed by atoms with Gasteiger partial charge in [-0.2, -0.15) is 5.21 Å². The van der Waals surface area contributed by atoms with Crippen molar-refractivity contribution in [2.75, 3.05) is 0 Å². The zero-order valence-electron chi connectivity index (χ0n) is 14.7. The molecule has 10 heteroatoms. The fraction of sp³-hybridized carbons (Fsp3) is 0.111. The van der Waals surface area contributed by atoms with E-state index in [2.05, 4.69) is 20.6 Å². The molecule has 0 saturated carbocycles. The fourth-order valence-corrected chi connectivity index (χ4v) is 2.54. The van der Waals surface area contributed by atoms with Gasteiger partial charge in [-0.1, -0.05) is 24.3 Å².